The van der Waals surface area contributed by atoms with E-state index in [1.165, 1.54) is 12.1 Å². The first-order chi connectivity index (χ1) is 8.52. The monoisotopic (exact) mass is 315 g/mol. The summed E-state index contributed by atoms with van der Waals surface area (Å²) in [6.07, 6.45) is 3.38. The maximum atomic E-state index is 13.3. The fraction of sp³-hybridized carbons (Fsp3) is 0.462. The molecular weight excluding hydrogens is 301 g/mol. The van der Waals surface area contributed by atoms with E-state index in [1.54, 1.807) is 6.07 Å². The molecule has 0 aliphatic heterocycles. The molecule has 0 unspecified atom stereocenters. The van der Waals surface area contributed by atoms with Gasteiger partial charge in [0.25, 0.3) is 5.91 Å². The zero-order chi connectivity index (χ0) is 13.2. The molecule has 0 bridgehead atoms. The molecule has 3 nitrogen and oxygen atoms in total. The Kier molecular flexibility index (Phi) is 4.02. The first-order valence-corrected chi connectivity index (χ1v) is 6.76. The summed E-state index contributed by atoms with van der Waals surface area (Å²) in [4.78, 5) is 11.9. The summed E-state index contributed by atoms with van der Waals surface area (Å²) >= 11 is 3.05. The van der Waals surface area contributed by atoms with Crippen LogP contribution in [-0.2, 0) is 0 Å². The van der Waals surface area contributed by atoms with Crippen LogP contribution >= 0.6 is 15.9 Å². The minimum Gasteiger partial charge on any atom is -0.388 e. The Morgan fingerprint density at radius 3 is 2.78 bits per heavy atom. The van der Waals surface area contributed by atoms with Crippen molar-refractivity contribution in [3.8, 4) is 0 Å². The second-order valence-electron chi connectivity index (χ2n) is 4.72. The van der Waals surface area contributed by atoms with Gasteiger partial charge in [-0.15, -0.1) is 0 Å². The lowest BCUT2D eigenvalue weighted by molar-refractivity contribution is 0.0449. The highest BCUT2D eigenvalue weighted by atomic mass is 79.9. The van der Waals surface area contributed by atoms with Crippen LogP contribution in [0, 0.1) is 5.82 Å². The molecule has 1 fully saturated rings. The Hall–Kier alpha value is -0.940. The van der Waals surface area contributed by atoms with E-state index in [9.17, 15) is 14.3 Å². The highest BCUT2D eigenvalue weighted by Crippen LogP contribution is 2.28. The zero-order valence-corrected chi connectivity index (χ0v) is 11.5. The SMILES string of the molecule is O=C(NCC1(O)CCCC1)c1cccc(F)c1Br. The van der Waals surface area contributed by atoms with Gasteiger partial charge in [-0.05, 0) is 40.9 Å². The Morgan fingerprint density at radius 1 is 1.44 bits per heavy atom. The third-order valence-corrected chi connectivity index (χ3v) is 4.11. The van der Waals surface area contributed by atoms with Gasteiger partial charge in [0.1, 0.15) is 5.82 Å². The molecule has 1 aromatic rings. The number of hydrogen-bond donors (Lipinski definition) is 2. The van der Waals surface area contributed by atoms with Crippen LogP contribution in [0.15, 0.2) is 22.7 Å². The van der Waals surface area contributed by atoms with E-state index < -0.39 is 11.4 Å². The van der Waals surface area contributed by atoms with Gasteiger partial charge in [0, 0.05) is 6.54 Å². The van der Waals surface area contributed by atoms with Crippen molar-refractivity contribution in [2.24, 2.45) is 0 Å². The molecule has 0 spiro atoms. The molecular formula is C13H15BrFNO2. The molecule has 1 aliphatic rings. The van der Waals surface area contributed by atoms with Gasteiger partial charge in [-0.1, -0.05) is 18.9 Å². The van der Waals surface area contributed by atoms with E-state index in [2.05, 4.69) is 21.2 Å². The average molecular weight is 316 g/mol. The van der Waals surface area contributed by atoms with Crippen LogP contribution in [0.3, 0.4) is 0 Å². The molecule has 2 N–H and O–H groups in total. The summed E-state index contributed by atoms with van der Waals surface area (Å²) in [7, 11) is 0. The maximum absolute atomic E-state index is 13.3. The summed E-state index contributed by atoms with van der Waals surface area (Å²) < 4.78 is 13.4. The Morgan fingerprint density at radius 2 is 2.11 bits per heavy atom. The van der Waals surface area contributed by atoms with Gasteiger partial charge in [0.15, 0.2) is 0 Å². The van der Waals surface area contributed by atoms with E-state index in [0.29, 0.717) is 12.8 Å². The Balaban J connectivity index is 2.01. The average Bonchev–Trinajstić information content (AvgIpc) is 2.77. The van der Waals surface area contributed by atoms with Crippen molar-refractivity contribution in [2.45, 2.75) is 31.3 Å². The number of carbonyl (C=O) groups is 1. The predicted molar refractivity (Wildman–Crippen MR) is 69.9 cm³/mol. The fourth-order valence-corrected chi connectivity index (χ4v) is 2.67. The number of amides is 1. The highest BCUT2D eigenvalue weighted by molar-refractivity contribution is 9.10. The third kappa shape index (κ3) is 2.90. The molecule has 18 heavy (non-hydrogen) atoms. The van der Waals surface area contributed by atoms with Gasteiger partial charge < -0.3 is 10.4 Å². The Labute approximate surface area is 114 Å². The summed E-state index contributed by atoms with van der Waals surface area (Å²) in [6, 6.07) is 4.31. The highest BCUT2D eigenvalue weighted by Gasteiger charge is 2.31. The standard InChI is InChI=1S/C13H15BrFNO2/c14-11-9(4-3-5-10(11)15)12(17)16-8-13(18)6-1-2-7-13/h3-5,18H,1-2,6-8H2,(H,16,17). The number of nitrogens with one attached hydrogen (secondary N) is 1. The van der Waals surface area contributed by atoms with Crippen molar-refractivity contribution >= 4 is 21.8 Å². The van der Waals surface area contributed by atoms with Crippen molar-refractivity contribution in [1.82, 2.24) is 5.32 Å². The van der Waals surface area contributed by atoms with Crippen molar-refractivity contribution < 1.29 is 14.3 Å². The summed E-state index contributed by atoms with van der Waals surface area (Å²) in [5.41, 5.74) is -0.549. The molecule has 0 saturated heterocycles. The lowest BCUT2D eigenvalue weighted by atomic mass is 10.0. The van der Waals surface area contributed by atoms with Crippen LogP contribution in [0.25, 0.3) is 0 Å². The van der Waals surface area contributed by atoms with E-state index in [-0.39, 0.29) is 22.5 Å². The molecule has 0 heterocycles. The molecule has 1 saturated carbocycles. The molecule has 0 atom stereocenters. The van der Waals surface area contributed by atoms with Gasteiger partial charge in [0.2, 0.25) is 0 Å². The van der Waals surface area contributed by atoms with Crippen molar-refractivity contribution in [1.29, 1.82) is 0 Å². The van der Waals surface area contributed by atoms with Crippen LogP contribution < -0.4 is 5.32 Å². The number of benzene rings is 1. The van der Waals surface area contributed by atoms with Gasteiger partial charge in [-0.25, -0.2) is 4.39 Å². The van der Waals surface area contributed by atoms with Crippen LogP contribution in [0.5, 0.6) is 0 Å². The normalized spacial score (nSPS) is 17.7. The second-order valence-corrected chi connectivity index (χ2v) is 5.51. The number of halogens is 2. The molecule has 1 aliphatic carbocycles. The van der Waals surface area contributed by atoms with Gasteiger partial charge in [-0.3, -0.25) is 4.79 Å². The predicted octanol–water partition coefficient (Wildman–Crippen LogP) is 2.62. The Bertz CT molecular complexity index is 458. The first-order valence-electron chi connectivity index (χ1n) is 5.96. The zero-order valence-electron chi connectivity index (χ0n) is 9.88. The topological polar surface area (TPSA) is 49.3 Å². The van der Waals surface area contributed by atoms with E-state index in [0.717, 1.165) is 12.8 Å². The second kappa shape index (κ2) is 5.36. The van der Waals surface area contributed by atoms with E-state index in [4.69, 9.17) is 0 Å². The van der Waals surface area contributed by atoms with Crippen LogP contribution in [0.1, 0.15) is 36.0 Å². The van der Waals surface area contributed by atoms with Gasteiger partial charge >= 0.3 is 0 Å². The lowest BCUT2D eigenvalue weighted by Crippen LogP contribution is -2.40. The molecule has 2 rings (SSSR count). The molecule has 0 radical (unpaired) electrons. The maximum Gasteiger partial charge on any atom is 0.252 e. The summed E-state index contributed by atoms with van der Waals surface area (Å²) in [5, 5.41) is 12.8. The summed E-state index contributed by atoms with van der Waals surface area (Å²) in [5.74, 6) is -0.844. The lowest BCUT2D eigenvalue weighted by Gasteiger charge is -2.22. The first kappa shape index (κ1) is 13.5. The smallest absolute Gasteiger partial charge is 0.252 e. The minimum absolute atomic E-state index is 0.154. The van der Waals surface area contributed by atoms with E-state index >= 15 is 0 Å². The minimum atomic E-state index is -0.796. The molecule has 98 valence electrons. The van der Waals surface area contributed by atoms with E-state index in [1.807, 2.05) is 0 Å². The molecule has 1 aromatic carbocycles. The quantitative estimate of drug-likeness (QED) is 0.901. The number of aliphatic hydroxyl groups is 1. The van der Waals surface area contributed by atoms with Gasteiger partial charge in [-0.2, -0.15) is 0 Å². The molecule has 0 aromatic heterocycles. The van der Waals surface area contributed by atoms with Crippen LogP contribution in [0.2, 0.25) is 0 Å². The molecule has 1 amide bonds. The molecule has 5 heteroatoms. The van der Waals surface area contributed by atoms with Gasteiger partial charge in [0.05, 0.1) is 15.6 Å². The third-order valence-electron chi connectivity index (χ3n) is 3.31. The number of rotatable bonds is 3. The summed E-state index contributed by atoms with van der Waals surface area (Å²) in [6.45, 7) is 0.217. The fourth-order valence-electron chi connectivity index (χ4n) is 2.23. The van der Waals surface area contributed by atoms with Crippen molar-refractivity contribution in [3.05, 3.63) is 34.1 Å². The van der Waals surface area contributed by atoms with Crippen molar-refractivity contribution in [2.75, 3.05) is 6.54 Å². The van der Waals surface area contributed by atoms with Crippen LogP contribution in [0.4, 0.5) is 4.39 Å². The number of hydrogen-bond acceptors (Lipinski definition) is 2. The van der Waals surface area contributed by atoms with Crippen LogP contribution in [-0.4, -0.2) is 23.2 Å². The number of carbonyl (C=O) groups excluding carboxylic acids is 1. The van der Waals surface area contributed by atoms with Crippen molar-refractivity contribution in [3.63, 3.8) is 0 Å². The largest absolute Gasteiger partial charge is 0.388 e.